The predicted molar refractivity (Wildman–Crippen MR) is 80.9 cm³/mol. The predicted octanol–water partition coefficient (Wildman–Crippen LogP) is 4.34. The molecular formula is C15H12Cl2N2O. The summed E-state index contributed by atoms with van der Waals surface area (Å²) in [5.41, 5.74) is 0.884. The molecule has 102 valence electrons. The average molecular weight is 307 g/mol. The quantitative estimate of drug-likeness (QED) is 0.785. The SMILES string of the molecule is CC1(C)C(=O)N(c2ccc(Cl)cc2Cl)c2ncccc21. The Hall–Kier alpha value is -1.58. The topological polar surface area (TPSA) is 33.2 Å². The van der Waals surface area contributed by atoms with Gasteiger partial charge in [-0.3, -0.25) is 9.69 Å². The fourth-order valence-corrected chi connectivity index (χ4v) is 2.93. The fraction of sp³-hybridized carbons (Fsp3) is 0.200. The van der Waals surface area contributed by atoms with E-state index in [0.717, 1.165) is 5.56 Å². The second-order valence-electron chi connectivity index (χ2n) is 5.24. The van der Waals surface area contributed by atoms with Gasteiger partial charge in [-0.1, -0.05) is 29.3 Å². The minimum Gasteiger partial charge on any atom is -0.273 e. The van der Waals surface area contributed by atoms with Crippen LogP contribution in [0.25, 0.3) is 0 Å². The van der Waals surface area contributed by atoms with E-state index in [2.05, 4.69) is 4.98 Å². The third-order valence-corrected chi connectivity index (χ3v) is 4.10. The van der Waals surface area contributed by atoms with Gasteiger partial charge in [0, 0.05) is 16.8 Å². The van der Waals surface area contributed by atoms with Crippen LogP contribution in [-0.2, 0) is 10.2 Å². The van der Waals surface area contributed by atoms with Gasteiger partial charge in [-0.05, 0) is 38.1 Å². The molecule has 0 spiro atoms. The summed E-state index contributed by atoms with van der Waals surface area (Å²) in [6, 6.07) is 8.83. The molecule has 5 heteroatoms. The standard InChI is InChI=1S/C15H12Cl2N2O/c1-15(2)10-4-3-7-18-13(10)19(14(15)20)12-6-5-9(16)8-11(12)17/h3-8H,1-2H3. The van der Waals surface area contributed by atoms with Gasteiger partial charge in [0.25, 0.3) is 0 Å². The summed E-state index contributed by atoms with van der Waals surface area (Å²) < 4.78 is 0. The van der Waals surface area contributed by atoms with Crippen LogP contribution in [0.15, 0.2) is 36.5 Å². The lowest BCUT2D eigenvalue weighted by Crippen LogP contribution is -2.33. The second-order valence-corrected chi connectivity index (χ2v) is 6.08. The summed E-state index contributed by atoms with van der Waals surface area (Å²) in [4.78, 5) is 18.6. The highest BCUT2D eigenvalue weighted by Gasteiger charge is 2.45. The van der Waals surface area contributed by atoms with Gasteiger partial charge in [0.15, 0.2) is 0 Å². The van der Waals surface area contributed by atoms with Crippen LogP contribution in [-0.4, -0.2) is 10.9 Å². The fourth-order valence-electron chi connectivity index (χ4n) is 2.44. The molecule has 0 radical (unpaired) electrons. The van der Waals surface area contributed by atoms with Crippen LogP contribution in [0.5, 0.6) is 0 Å². The molecule has 0 N–H and O–H groups in total. The van der Waals surface area contributed by atoms with Crippen molar-refractivity contribution >= 4 is 40.6 Å². The molecule has 0 unspecified atom stereocenters. The molecule has 1 aliphatic rings. The molecule has 0 bridgehead atoms. The number of carbonyl (C=O) groups is 1. The number of hydrogen-bond donors (Lipinski definition) is 0. The first kappa shape index (κ1) is 13.4. The first-order valence-corrected chi connectivity index (χ1v) is 6.93. The van der Waals surface area contributed by atoms with Crippen LogP contribution in [0.1, 0.15) is 19.4 Å². The lowest BCUT2D eigenvalue weighted by atomic mass is 9.87. The maximum Gasteiger partial charge on any atom is 0.243 e. The Labute approximate surface area is 127 Å². The van der Waals surface area contributed by atoms with Gasteiger partial charge >= 0.3 is 0 Å². The molecule has 20 heavy (non-hydrogen) atoms. The summed E-state index contributed by atoms with van der Waals surface area (Å²) in [6.45, 7) is 3.78. The molecule has 0 atom stereocenters. The maximum absolute atomic E-state index is 12.7. The lowest BCUT2D eigenvalue weighted by Gasteiger charge is -2.20. The van der Waals surface area contributed by atoms with Crippen LogP contribution in [0.4, 0.5) is 11.5 Å². The number of aromatic nitrogens is 1. The second kappa shape index (κ2) is 4.47. The van der Waals surface area contributed by atoms with Gasteiger partial charge in [-0.2, -0.15) is 0 Å². The van der Waals surface area contributed by atoms with Gasteiger partial charge < -0.3 is 0 Å². The molecule has 2 aromatic rings. The van der Waals surface area contributed by atoms with Gasteiger partial charge in [-0.15, -0.1) is 0 Å². The number of halogens is 2. The van der Waals surface area contributed by atoms with Crippen molar-refractivity contribution in [2.24, 2.45) is 0 Å². The zero-order chi connectivity index (χ0) is 14.5. The van der Waals surface area contributed by atoms with Crippen LogP contribution in [0.2, 0.25) is 10.0 Å². The number of nitrogens with zero attached hydrogens (tertiary/aromatic N) is 2. The van der Waals surface area contributed by atoms with E-state index < -0.39 is 5.41 Å². The zero-order valence-electron chi connectivity index (χ0n) is 11.0. The highest BCUT2D eigenvalue weighted by atomic mass is 35.5. The number of pyridine rings is 1. The number of fused-ring (bicyclic) bond motifs is 1. The van der Waals surface area contributed by atoms with Crippen molar-refractivity contribution < 1.29 is 4.79 Å². The molecule has 3 rings (SSSR count). The molecule has 1 aromatic heterocycles. The van der Waals surface area contributed by atoms with Gasteiger partial charge in [0.2, 0.25) is 5.91 Å². The normalized spacial score (nSPS) is 16.4. The van der Waals surface area contributed by atoms with E-state index in [4.69, 9.17) is 23.2 Å². The Morgan fingerprint density at radius 2 is 1.95 bits per heavy atom. The highest BCUT2D eigenvalue weighted by molar-refractivity contribution is 6.37. The molecule has 1 aliphatic heterocycles. The zero-order valence-corrected chi connectivity index (χ0v) is 12.5. The molecule has 0 fully saturated rings. The lowest BCUT2D eigenvalue weighted by molar-refractivity contribution is -0.121. The van der Waals surface area contributed by atoms with Gasteiger partial charge in [0.1, 0.15) is 5.82 Å². The molecule has 1 amide bonds. The van der Waals surface area contributed by atoms with Crippen LogP contribution < -0.4 is 4.90 Å². The Balaban J connectivity index is 2.22. The van der Waals surface area contributed by atoms with Crippen LogP contribution in [0, 0.1) is 0 Å². The van der Waals surface area contributed by atoms with Crippen molar-refractivity contribution in [3.8, 4) is 0 Å². The average Bonchev–Trinajstić information content (AvgIpc) is 2.60. The summed E-state index contributed by atoms with van der Waals surface area (Å²) in [7, 11) is 0. The summed E-state index contributed by atoms with van der Waals surface area (Å²) in [6.07, 6.45) is 1.67. The Bertz CT molecular complexity index is 713. The molecule has 0 aliphatic carbocycles. The number of benzene rings is 1. The number of hydrogen-bond acceptors (Lipinski definition) is 2. The van der Waals surface area contributed by atoms with E-state index in [1.54, 1.807) is 29.3 Å². The van der Waals surface area contributed by atoms with Crippen molar-refractivity contribution in [1.82, 2.24) is 4.98 Å². The van der Waals surface area contributed by atoms with E-state index in [0.29, 0.717) is 21.6 Å². The molecule has 0 saturated carbocycles. The van der Waals surface area contributed by atoms with Crippen LogP contribution >= 0.6 is 23.2 Å². The van der Waals surface area contributed by atoms with Crippen molar-refractivity contribution in [2.75, 3.05) is 4.90 Å². The van der Waals surface area contributed by atoms with Crippen molar-refractivity contribution in [3.63, 3.8) is 0 Å². The van der Waals surface area contributed by atoms with E-state index in [1.165, 1.54) is 0 Å². The monoisotopic (exact) mass is 306 g/mol. The third-order valence-electron chi connectivity index (χ3n) is 3.56. The summed E-state index contributed by atoms with van der Waals surface area (Å²) >= 11 is 12.1. The van der Waals surface area contributed by atoms with Crippen molar-refractivity contribution in [1.29, 1.82) is 0 Å². The van der Waals surface area contributed by atoms with E-state index in [-0.39, 0.29) is 5.91 Å². The molecule has 0 saturated heterocycles. The minimum atomic E-state index is -0.618. The Kier molecular flexibility index (Phi) is 3.00. The molecule has 3 nitrogen and oxygen atoms in total. The summed E-state index contributed by atoms with van der Waals surface area (Å²) in [5.74, 6) is 0.585. The Morgan fingerprint density at radius 3 is 2.65 bits per heavy atom. The smallest absolute Gasteiger partial charge is 0.243 e. The number of amides is 1. The largest absolute Gasteiger partial charge is 0.273 e. The first-order chi connectivity index (χ1) is 9.43. The van der Waals surface area contributed by atoms with E-state index in [9.17, 15) is 4.79 Å². The summed E-state index contributed by atoms with van der Waals surface area (Å²) in [5, 5.41) is 0.964. The molecule has 2 heterocycles. The number of anilines is 2. The molecule has 1 aromatic carbocycles. The van der Waals surface area contributed by atoms with E-state index >= 15 is 0 Å². The Morgan fingerprint density at radius 1 is 1.20 bits per heavy atom. The van der Waals surface area contributed by atoms with Gasteiger partial charge in [0.05, 0.1) is 16.1 Å². The van der Waals surface area contributed by atoms with E-state index in [1.807, 2.05) is 26.0 Å². The third kappa shape index (κ3) is 1.81. The molecular weight excluding hydrogens is 295 g/mol. The number of rotatable bonds is 1. The first-order valence-electron chi connectivity index (χ1n) is 6.18. The van der Waals surface area contributed by atoms with Crippen LogP contribution in [0.3, 0.4) is 0 Å². The highest BCUT2D eigenvalue weighted by Crippen LogP contribution is 2.45. The number of carbonyl (C=O) groups excluding carboxylic acids is 1. The van der Waals surface area contributed by atoms with Crippen molar-refractivity contribution in [3.05, 3.63) is 52.1 Å². The minimum absolute atomic E-state index is 0.0459. The van der Waals surface area contributed by atoms with Gasteiger partial charge in [-0.25, -0.2) is 4.98 Å². The maximum atomic E-state index is 12.7. The van der Waals surface area contributed by atoms with Crippen molar-refractivity contribution in [2.45, 2.75) is 19.3 Å².